The van der Waals surface area contributed by atoms with Crippen molar-refractivity contribution >= 4 is 11.9 Å². The van der Waals surface area contributed by atoms with E-state index >= 15 is 0 Å². The number of carbonyl (C=O) groups is 1. The summed E-state index contributed by atoms with van der Waals surface area (Å²) in [5.41, 5.74) is 0.783. The van der Waals surface area contributed by atoms with E-state index in [0.29, 0.717) is 41.9 Å². The molecule has 2 heterocycles. The quantitative estimate of drug-likeness (QED) is 0.705. The SMILES string of the molecule is O=C(N[C@H]1C2CC3CC1C[C@@](O)(C3)C2)c1cnc(NC2CC2)nc1C1CCCO1. The summed E-state index contributed by atoms with van der Waals surface area (Å²) in [4.78, 5) is 22.4. The molecule has 1 amide bonds. The van der Waals surface area contributed by atoms with Crippen molar-refractivity contribution in [1.29, 1.82) is 0 Å². The van der Waals surface area contributed by atoms with Crippen molar-refractivity contribution < 1.29 is 14.6 Å². The lowest BCUT2D eigenvalue weighted by atomic mass is 9.52. The number of hydrogen-bond donors (Lipinski definition) is 3. The largest absolute Gasteiger partial charge is 0.390 e. The number of anilines is 1. The number of ether oxygens (including phenoxy) is 1. The Labute approximate surface area is 171 Å². The first-order valence-corrected chi connectivity index (χ1v) is 11.3. The van der Waals surface area contributed by atoms with Gasteiger partial charge in [0.2, 0.25) is 5.95 Å². The molecule has 156 valence electrons. The molecule has 1 aromatic rings. The fraction of sp³-hybridized carbons (Fsp3) is 0.773. The molecule has 1 aromatic heterocycles. The summed E-state index contributed by atoms with van der Waals surface area (Å²) in [6.45, 7) is 0.716. The van der Waals surface area contributed by atoms with Crippen molar-refractivity contribution in [3.63, 3.8) is 0 Å². The number of hydrogen-bond acceptors (Lipinski definition) is 6. The van der Waals surface area contributed by atoms with E-state index in [9.17, 15) is 9.90 Å². The van der Waals surface area contributed by atoms with Gasteiger partial charge in [-0.25, -0.2) is 9.97 Å². The first-order chi connectivity index (χ1) is 14.1. The molecular formula is C22H30N4O3. The summed E-state index contributed by atoms with van der Waals surface area (Å²) >= 11 is 0. The van der Waals surface area contributed by atoms with Gasteiger partial charge in [0.05, 0.1) is 16.9 Å². The topological polar surface area (TPSA) is 96.4 Å². The number of nitrogens with zero attached hydrogens (tertiary/aromatic N) is 2. The highest BCUT2D eigenvalue weighted by Crippen LogP contribution is 2.55. The average molecular weight is 399 g/mol. The van der Waals surface area contributed by atoms with Crippen molar-refractivity contribution in [1.82, 2.24) is 15.3 Å². The van der Waals surface area contributed by atoms with Crippen LogP contribution >= 0.6 is 0 Å². The van der Waals surface area contributed by atoms with E-state index in [-0.39, 0.29) is 18.1 Å². The van der Waals surface area contributed by atoms with Gasteiger partial charge in [0.15, 0.2) is 0 Å². The number of aliphatic hydroxyl groups is 1. The minimum Gasteiger partial charge on any atom is -0.390 e. The predicted octanol–water partition coefficient (Wildman–Crippen LogP) is 2.57. The summed E-state index contributed by atoms with van der Waals surface area (Å²) in [5.74, 6) is 1.92. The normalized spacial score (nSPS) is 40.2. The van der Waals surface area contributed by atoms with Crippen LogP contribution in [0, 0.1) is 17.8 Å². The van der Waals surface area contributed by atoms with Crippen molar-refractivity contribution in [2.45, 2.75) is 81.6 Å². The molecule has 3 atom stereocenters. The van der Waals surface area contributed by atoms with Gasteiger partial charge >= 0.3 is 0 Å². The van der Waals surface area contributed by atoms with Gasteiger partial charge < -0.3 is 20.5 Å². The third-order valence-corrected chi connectivity index (χ3v) is 7.75. The third kappa shape index (κ3) is 3.32. The summed E-state index contributed by atoms with van der Waals surface area (Å²) in [5, 5.41) is 17.5. The minimum absolute atomic E-state index is 0.0852. The monoisotopic (exact) mass is 398 g/mol. The van der Waals surface area contributed by atoms with Crippen LogP contribution in [0.15, 0.2) is 6.20 Å². The predicted molar refractivity (Wildman–Crippen MR) is 106 cm³/mol. The Kier molecular flexibility index (Phi) is 4.14. The fourth-order valence-corrected chi connectivity index (χ4v) is 6.53. The zero-order valence-electron chi connectivity index (χ0n) is 16.8. The molecule has 3 N–H and O–H groups in total. The Morgan fingerprint density at radius 3 is 2.62 bits per heavy atom. The van der Waals surface area contributed by atoms with Crippen LogP contribution in [0.25, 0.3) is 0 Å². The number of amides is 1. The third-order valence-electron chi connectivity index (χ3n) is 7.75. The lowest BCUT2D eigenvalue weighted by Crippen LogP contribution is -2.61. The van der Waals surface area contributed by atoms with Crippen LogP contribution in [0.3, 0.4) is 0 Å². The molecule has 29 heavy (non-hydrogen) atoms. The second-order valence-electron chi connectivity index (χ2n) is 10.1. The van der Waals surface area contributed by atoms with E-state index in [0.717, 1.165) is 63.5 Å². The van der Waals surface area contributed by atoms with Crippen LogP contribution in [-0.2, 0) is 4.74 Å². The van der Waals surface area contributed by atoms with Gasteiger partial charge in [-0.2, -0.15) is 0 Å². The van der Waals surface area contributed by atoms with Crippen LogP contribution in [0.2, 0.25) is 0 Å². The average Bonchev–Trinajstić information content (AvgIpc) is 3.32. The second kappa shape index (κ2) is 6.64. The van der Waals surface area contributed by atoms with Crippen molar-refractivity contribution in [3.05, 3.63) is 17.5 Å². The molecule has 5 aliphatic carbocycles. The molecule has 3 unspecified atom stereocenters. The van der Waals surface area contributed by atoms with Gasteiger partial charge in [-0.3, -0.25) is 4.79 Å². The molecule has 7 heteroatoms. The van der Waals surface area contributed by atoms with Gasteiger partial charge in [0.1, 0.15) is 6.10 Å². The molecule has 7 rings (SSSR count). The molecule has 0 aromatic carbocycles. The number of aromatic nitrogens is 2. The van der Waals surface area contributed by atoms with E-state index < -0.39 is 5.60 Å². The molecule has 6 aliphatic rings. The van der Waals surface area contributed by atoms with Gasteiger partial charge in [0, 0.05) is 24.9 Å². The van der Waals surface area contributed by atoms with Crippen LogP contribution in [0.5, 0.6) is 0 Å². The Hall–Kier alpha value is -1.73. The van der Waals surface area contributed by atoms with Gasteiger partial charge in [0.25, 0.3) is 5.91 Å². The maximum absolute atomic E-state index is 13.3. The summed E-state index contributed by atoms with van der Waals surface area (Å²) in [6, 6.07) is 0.617. The highest BCUT2D eigenvalue weighted by molar-refractivity contribution is 5.95. The molecule has 0 radical (unpaired) electrons. The van der Waals surface area contributed by atoms with E-state index in [1.54, 1.807) is 6.20 Å². The standard InChI is InChI=1S/C22H30N4O3/c27-20(25-18-13-6-12-7-14(18)10-22(28,8-12)9-13)16-11-23-21(24-15-3-4-15)26-19(16)17-2-1-5-29-17/h11-15,17-18,28H,1-10H2,(H,25,27)(H,23,24,26)/t12?,13?,14?,17?,18-,22+. The molecule has 1 saturated heterocycles. The van der Waals surface area contributed by atoms with Crippen molar-refractivity contribution in [2.75, 3.05) is 11.9 Å². The minimum atomic E-state index is -0.486. The lowest BCUT2D eigenvalue weighted by Gasteiger charge is -2.58. The fourth-order valence-electron chi connectivity index (χ4n) is 6.53. The highest BCUT2D eigenvalue weighted by atomic mass is 16.5. The maximum Gasteiger partial charge on any atom is 0.255 e. The number of rotatable bonds is 5. The zero-order chi connectivity index (χ0) is 19.6. The molecular weight excluding hydrogens is 368 g/mol. The van der Waals surface area contributed by atoms with Crippen LogP contribution in [0.4, 0.5) is 5.95 Å². The zero-order valence-corrected chi connectivity index (χ0v) is 16.8. The molecule has 7 nitrogen and oxygen atoms in total. The van der Waals surface area contributed by atoms with E-state index in [2.05, 4.69) is 15.6 Å². The van der Waals surface area contributed by atoms with E-state index in [1.807, 2.05) is 0 Å². The van der Waals surface area contributed by atoms with Crippen LogP contribution in [-0.4, -0.2) is 45.3 Å². The maximum atomic E-state index is 13.3. The molecule has 6 fully saturated rings. The molecule has 0 spiro atoms. The number of carbonyl (C=O) groups excluding carboxylic acids is 1. The first kappa shape index (κ1) is 18.1. The van der Waals surface area contributed by atoms with Crippen molar-refractivity contribution in [2.24, 2.45) is 17.8 Å². The summed E-state index contributed by atoms with van der Waals surface area (Å²) < 4.78 is 5.87. The first-order valence-electron chi connectivity index (χ1n) is 11.3. The smallest absolute Gasteiger partial charge is 0.255 e. The Bertz CT molecular complexity index is 804. The Morgan fingerprint density at radius 2 is 1.97 bits per heavy atom. The van der Waals surface area contributed by atoms with Crippen LogP contribution < -0.4 is 10.6 Å². The molecule has 5 saturated carbocycles. The van der Waals surface area contributed by atoms with Gasteiger partial charge in [-0.15, -0.1) is 0 Å². The van der Waals surface area contributed by atoms with Gasteiger partial charge in [-0.1, -0.05) is 0 Å². The van der Waals surface area contributed by atoms with Crippen LogP contribution in [0.1, 0.15) is 79.9 Å². The summed E-state index contributed by atoms with van der Waals surface area (Å²) in [6.07, 6.45) is 10.6. The number of nitrogens with one attached hydrogen (secondary N) is 2. The van der Waals surface area contributed by atoms with E-state index in [4.69, 9.17) is 9.72 Å². The Balaban J connectivity index is 1.24. The molecule has 4 bridgehead atoms. The Morgan fingerprint density at radius 1 is 1.17 bits per heavy atom. The second-order valence-corrected chi connectivity index (χ2v) is 10.1. The molecule has 1 aliphatic heterocycles. The van der Waals surface area contributed by atoms with E-state index in [1.165, 1.54) is 0 Å². The summed E-state index contributed by atoms with van der Waals surface area (Å²) in [7, 11) is 0. The van der Waals surface area contributed by atoms with Gasteiger partial charge in [-0.05, 0) is 75.5 Å². The van der Waals surface area contributed by atoms with Crippen molar-refractivity contribution in [3.8, 4) is 0 Å². The lowest BCUT2D eigenvalue weighted by molar-refractivity contribution is -0.136. The highest BCUT2D eigenvalue weighted by Gasteiger charge is 2.55.